The molecule has 49 heavy (non-hydrogen) atoms. The minimum absolute atomic E-state index is 0.0193. The maximum absolute atomic E-state index is 14.1. The molecule has 1 saturated carbocycles. The zero-order valence-electron chi connectivity index (χ0n) is 28.5. The van der Waals surface area contributed by atoms with E-state index in [-0.39, 0.29) is 58.1 Å². The molecule has 0 radical (unpaired) electrons. The van der Waals surface area contributed by atoms with Crippen molar-refractivity contribution in [3.05, 3.63) is 41.5 Å². The number of nitrogens with one attached hydrogen (secondary N) is 2. The molecule has 3 saturated heterocycles. The molecule has 15 heteroatoms. The Kier molecular flexibility index (Phi) is 11.1. The molecule has 1 aromatic carbocycles. The Morgan fingerprint density at radius 2 is 1.84 bits per heavy atom. The quantitative estimate of drug-likeness (QED) is 0.193. The van der Waals surface area contributed by atoms with Crippen LogP contribution in [0.1, 0.15) is 57.6 Å². The van der Waals surface area contributed by atoms with Crippen molar-refractivity contribution in [1.29, 1.82) is 0 Å². The summed E-state index contributed by atoms with van der Waals surface area (Å²) in [6, 6.07) is 5.61. The van der Waals surface area contributed by atoms with Crippen LogP contribution in [0.4, 0.5) is 0 Å². The molecule has 7 unspecified atom stereocenters. The van der Waals surface area contributed by atoms with Crippen LogP contribution in [0.3, 0.4) is 0 Å². The number of carbonyl (C=O) groups excluding carboxylic acids is 5. The number of hydrogen-bond acceptors (Lipinski definition) is 12. The van der Waals surface area contributed by atoms with Gasteiger partial charge in [0.25, 0.3) is 0 Å². The van der Waals surface area contributed by atoms with E-state index in [0.717, 1.165) is 11.1 Å². The number of fused-ring (bicyclic) bond motifs is 4. The van der Waals surface area contributed by atoms with Gasteiger partial charge < -0.3 is 39.6 Å². The van der Waals surface area contributed by atoms with E-state index in [9.17, 15) is 29.1 Å². The molecule has 0 spiro atoms. The number of benzene rings is 1. The van der Waals surface area contributed by atoms with Crippen LogP contribution in [0.25, 0.3) is 6.08 Å². The van der Waals surface area contributed by atoms with E-state index in [2.05, 4.69) is 10.6 Å². The Morgan fingerprint density at radius 3 is 2.51 bits per heavy atom. The molecular weight excluding hydrogens is 640 g/mol. The summed E-state index contributed by atoms with van der Waals surface area (Å²) in [6.07, 6.45) is 0.611. The lowest BCUT2D eigenvalue weighted by Crippen LogP contribution is -2.69. The molecular formula is C34H46N4O11. The van der Waals surface area contributed by atoms with Crippen molar-refractivity contribution in [1.82, 2.24) is 20.6 Å². The number of nitrogens with zero attached hydrogens (tertiary/aromatic N) is 2. The largest absolute Gasteiger partial charge is 0.460 e. The molecule has 5 rings (SSSR count). The van der Waals surface area contributed by atoms with Crippen LogP contribution in [0.5, 0.6) is 0 Å². The van der Waals surface area contributed by atoms with E-state index in [1.807, 2.05) is 24.3 Å². The van der Waals surface area contributed by atoms with Gasteiger partial charge in [0, 0.05) is 46.0 Å². The van der Waals surface area contributed by atoms with Gasteiger partial charge in [-0.25, -0.2) is 0 Å². The third-order valence-corrected chi connectivity index (χ3v) is 9.01. The first-order valence-corrected chi connectivity index (χ1v) is 16.5. The molecule has 3 aliphatic heterocycles. The molecule has 4 aliphatic rings. The van der Waals surface area contributed by atoms with Gasteiger partial charge in [0.2, 0.25) is 17.7 Å². The third-order valence-electron chi connectivity index (χ3n) is 9.01. The van der Waals surface area contributed by atoms with Crippen LogP contribution in [0.2, 0.25) is 0 Å². The molecule has 3 heterocycles. The maximum Gasteiger partial charge on any atom is 0.327 e. The number of aliphatic hydroxyl groups is 1. The van der Waals surface area contributed by atoms with Gasteiger partial charge in [-0.2, -0.15) is 5.06 Å². The second-order valence-electron chi connectivity index (χ2n) is 14.0. The van der Waals surface area contributed by atoms with Gasteiger partial charge in [-0.15, -0.1) is 0 Å². The number of esters is 2. The van der Waals surface area contributed by atoms with Crippen molar-refractivity contribution < 1.29 is 52.9 Å². The number of hydrogen-bond donors (Lipinski definition) is 3. The topological polar surface area (TPSA) is 182 Å². The predicted molar refractivity (Wildman–Crippen MR) is 172 cm³/mol. The highest BCUT2D eigenvalue weighted by molar-refractivity contribution is 5.94. The summed E-state index contributed by atoms with van der Waals surface area (Å²) >= 11 is 0. The van der Waals surface area contributed by atoms with Crippen LogP contribution in [-0.2, 0) is 54.3 Å². The van der Waals surface area contributed by atoms with Crippen molar-refractivity contribution in [2.24, 2.45) is 5.41 Å². The summed E-state index contributed by atoms with van der Waals surface area (Å²) < 4.78 is 22.7. The van der Waals surface area contributed by atoms with Gasteiger partial charge in [-0.05, 0) is 44.4 Å². The SMILES string of the molecule is CN(C)C(=O)C=Cc1ccc(CN2OC3C4OCOC4C4CC3(C(=O)NCCC(=O)NC(CO)CCC(=O)OC(C)(C)C)C2C(=O)O4)cc1. The first kappa shape index (κ1) is 36.4. The summed E-state index contributed by atoms with van der Waals surface area (Å²) in [7, 11) is 3.34. The van der Waals surface area contributed by atoms with Crippen LogP contribution in [0, 0.1) is 5.41 Å². The molecule has 3 N–H and O–H groups in total. The normalized spacial score (nSPS) is 28.0. The summed E-state index contributed by atoms with van der Waals surface area (Å²) in [4.78, 5) is 72.2. The van der Waals surface area contributed by atoms with E-state index in [1.54, 1.807) is 40.9 Å². The molecule has 3 amide bonds. The first-order chi connectivity index (χ1) is 23.2. The van der Waals surface area contributed by atoms with E-state index in [4.69, 9.17) is 23.8 Å². The maximum atomic E-state index is 14.1. The van der Waals surface area contributed by atoms with Crippen LogP contribution in [-0.4, -0.2) is 121 Å². The summed E-state index contributed by atoms with van der Waals surface area (Å²) in [6.45, 7) is 4.97. The van der Waals surface area contributed by atoms with Crippen molar-refractivity contribution in [2.45, 2.75) is 95.1 Å². The van der Waals surface area contributed by atoms with Crippen molar-refractivity contribution in [3.8, 4) is 0 Å². The van der Waals surface area contributed by atoms with E-state index < -0.39 is 71.3 Å². The highest BCUT2D eigenvalue weighted by Gasteiger charge is 2.74. The van der Waals surface area contributed by atoms with Crippen molar-refractivity contribution in [3.63, 3.8) is 0 Å². The number of ether oxygens (including phenoxy) is 4. The average molecular weight is 687 g/mol. The van der Waals surface area contributed by atoms with Gasteiger partial charge in [0.1, 0.15) is 42.2 Å². The van der Waals surface area contributed by atoms with Gasteiger partial charge in [0.05, 0.1) is 19.2 Å². The minimum Gasteiger partial charge on any atom is -0.460 e. The minimum atomic E-state index is -1.37. The number of aliphatic hydroxyl groups excluding tert-OH is 1. The van der Waals surface area contributed by atoms with Crippen LogP contribution < -0.4 is 10.6 Å². The van der Waals surface area contributed by atoms with Gasteiger partial charge >= 0.3 is 11.9 Å². The van der Waals surface area contributed by atoms with Crippen LogP contribution >= 0.6 is 0 Å². The summed E-state index contributed by atoms with van der Waals surface area (Å²) in [5, 5.41) is 16.7. The van der Waals surface area contributed by atoms with Crippen molar-refractivity contribution >= 4 is 35.7 Å². The molecule has 7 atom stereocenters. The lowest BCUT2D eigenvalue weighted by atomic mass is 9.62. The highest BCUT2D eigenvalue weighted by Crippen LogP contribution is 2.55. The fourth-order valence-corrected chi connectivity index (χ4v) is 6.71. The molecule has 268 valence electrons. The van der Waals surface area contributed by atoms with Gasteiger partial charge in [-0.3, -0.25) is 28.8 Å². The predicted octanol–water partition coefficient (Wildman–Crippen LogP) is 0.435. The Balaban J connectivity index is 1.24. The summed E-state index contributed by atoms with van der Waals surface area (Å²) in [5.41, 5.74) is -0.413. The zero-order valence-corrected chi connectivity index (χ0v) is 28.5. The number of amides is 3. The molecule has 1 aliphatic carbocycles. The molecule has 2 bridgehead atoms. The zero-order chi connectivity index (χ0) is 35.5. The van der Waals surface area contributed by atoms with Gasteiger partial charge in [0.15, 0.2) is 6.04 Å². The second kappa shape index (κ2) is 14.9. The summed E-state index contributed by atoms with van der Waals surface area (Å²) in [5.74, 6) is -2.09. The third kappa shape index (κ3) is 8.13. The fourth-order valence-electron chi connectivity index (χ4n) is 6.71. The molecule has 15 nitrogen and oxygen atoms in total. The highest BCUT2D eigenvalue weighted by atomic mass is 16.8. The molecule has 1 aromatic rings. The fraction of sp³-hybridized carbons (Fsp3) is 0.618. The first-order valence-electron chi connectivity index (χ1n) is 16.5. The van der Waals surface area contributed by atoms with Gasteiger partial charge in [-0.1, -0.05) is 24.3 Å². The Hall–Kier alpha value is -3.89. The van der Waals surface area contributed by atoms with E-state index >= 15 is 0 Å². The molecule has 4 fully saturated rings. The van der Waals surface area contributed by atoms with E-state index in [0.29, 0.717) is 0 Å². The number of hydroxylamine groups is 2. The lowest BCUT2D eigenvalue weighted by Gasteiger charge is -2.48. The number of likely N-dealkylation sites (N-methyl/N-ethyl adjacent to an activating group) is 1. The monoisotopic (exact) mass is 686 g/mol. The number of rotatable bonds is 13. The average Bonchev–Trinajstić information content (AvgIpc) is 3.66. The number of carbonyl (C=O) groups is 5. The van der Waals surface area contributed by atoms with Crippen molar-refractivity contribution in [2.75, 3.05) is 34.0 Å². The Morgan fingerprint density at radius 1 is 1.12 bits per heavy atom. The standard InChI is InChI=1S/C34H46N4O11/c1-33(2,3)48-26(42)13-11-22(18-39)36-24(40)14-15-35-32(44)34-16-23-27-28(46-19-45-27)30(34)49-38(29(34)31(43)47-23)17-21-8-6-20(7-9-21)10-12-25(41)37(4)5/h6-10,12,22-23,27-30,39H,11,13-19H2,1-5H3,(H,35,44)(H,36,40). The smallest absolute Gasteiger partial charge is 0.327 e. The molecule has 0 aromatic heterocycles. The lowest BCUT2D eigenvalue weighted by molar-refractivity contribution is -0.201. The Labute approximate surface area is 285 Å². The van der Waals surface area contributed by atoms with Crippen LogP contribution in [0.15, 0.2) is 30.3 Å². The van der Waals surface area contributed by atoms with E-state index in [1.165, 1.54) is 16.0 Å². The Bertz CT molecular complexity index is 1440. The second-order valence-corrected chi connectivity index (χ2v) is 14.0.